The fourth-order valence-electron chi connectivity index (χ4n) is 5.37. The van der Waals surface area contributed by atoms with Crippen LogP contribution in [0.4, 0.5) is 14.5 Å². The number of piperidine rings is 1. The van der Waals surface area contributed by atoms with Crippen molar-refractivity contribution in [3.63, 3.8) is 0 Å². The lowest BCUT2D eigenvalue weighted by Gasteiger charge is -2.37. The summed E-state index contributed by atoms with van der Waals surface area (Å²) >= 11 is 6.08. The Labute approximate surface area is 248 Å². The molecule has 0 spiro atoms. The van der Waals surface area contributed by atoms with Crippen LogP contribution in [0.5, 0.6) is 0 Å². The molecule has 2 aliphatic heterocycles. The summed E-state index contributed by atoms with van der Waals surface area (Å²) in [6.07, 6.45) is -0.144. The van der Waals surface area contributed by atoms with E-state index in [9.17, 15) is 28.0 Å². The lowest BCUT2D eigenvalue weighted by Crippen LogP contribution is -2.56. The third-order valence-corrected chi connectivity index (χ3v) is 8.11. The number of rotatable bonds is 9. The first-order valence-electron chi connectivity index (χ1n) is 14.1. The minimum atomic E-state index is -2.93. The normalized spacial score (nSPS) is 18.5. The van der Waals surface area contributed by atoms with Crippen molar-refractivity contribution >= 4 is 40.9 Å². The summed E-state index contributed by atoms with van der Waals surface area (Å²) in [5, 5.41) is 6.10. The van der Waals surface area contributed by atoms with Crippen molar-refractivity contribution in [2.75, 3.05) is 25.0 Å². The molecule has 2 aliphatic rings. The minimum absolute atomic E-state index is 0.131. The van der Waals surface area contributed by atoms with Gasteiger partial charge in [-0.1, -0.05) is 35.9 Å². The molecule has 1 fully saturated rings. The zero-order valence-electron chi connectivity index (χ0n) is 23.5. The average Bonchev–Trinajstić information content (AvgIpc) is 2.96. The highest BCUT2D eigenvalue weighted by molar-refractivity contribution is 6.31. The zero-order valence-corrected chi connectivity index (χ0v) is 24.3. The third kappa shape index (κ3) is 7.83. The summed E-state index contributed by atoms with van der Waals surface area (Å²) in [5.74, 6) is -4.89. The number of carbonyl (C=O) groups is 4. The number of nitrogens with one attached hydrogen (secondary N) is 2. The van der Waals surface area contributed by atoms with E-state index in [2.05, 4.69) is 10.6 Å². The smallest absolute Gasteiger partial charge is 0.265 e. The topological polar surface area (TPSA) is 125 Å². The van der Waals surface area contributed by atoms with E-state index in [1.807, 2.05) is 24.3 Å². The van der Waals surface area contributed by atoms with Crippen LogP contribution in [0.1, 0.15) is 48.8 Å². The van der Waals surface area contributed by atoms with E-state index in [-0.39, 0.29) is 58.2 Å². The Bertz CT molecular complexity index is 1340. The number of nitrogens with zero attached hydrogens (tertiary/aromatic N) is 2. The fraction of sp³-hybridized carbons (Fsp3) is 0.467. The van der Waals surface area contributed by atoms with Crippen LogP contribution in [-0.2, 0) is 32.1 Å². The molecule has 2 atom stereocenters. The molecule has 0 bridgehead atoms. The van der Waals surface area contributed by atoms with Gasteiger partial charge in [0.25, 0.3) is 5.92 Å². The summed E-state index contributed by atoms with van der Waals surface area (Å²) in [6.45, 7) is 1.65. The van der Waals surface area contributed by atoms with Gasteiger partial charge in [0, 0.05) is 49.5 Å². The second-order valence-corrected chi connectivity index (χ2v) is 11.3. The van der Waals surface area contributed by atoms with Crippen LogP contribution >= 0.6 is 11.6 Å². The standard InChI is InChI=1S/C30H36ClF2N5O4/c1-19-15-22(7-8-23(19)31)35-28(41)24(11-13-34)36-29(42)25-16-20-5-2-3-6-21(20)17-38(25)27(40)10-9-26(39)37-14-4-12-30(32,33)18-37/h2-3,5-8,15,24-25H,4,9-14,16-18,34H2,1H3,(H,35,41)(H,36,42)/t24-,25-/m0/s1. The largest absolute Gasteiger partial charge is 0.342 e. The SMILES string of the molecule is Cc1cc(NC(=O)[C@H](CCN)NC(=O)[C@@H]2Cc3ccccc3CN2C(=O)CCC(=O)N2CCCC(F)(F)C2)ccc1Cl. The second-order valence-electron chi connectivity index (χ2n) is 10.9. The molecule has 4 amide bonds. The number of hydrogen-bond donors (Lipinski definition) is 3. The van der Waals surface area contributed by atoms with Crippen LogP contribution in [0, 0.1) is 6.92 Å². The fourth-order valence-corrected chi connectivity index (χ4v) is 5.49. The van der Waals surface area contributed by atoms with Crippen molar-refractivity contribution in [3.05, 3.63) is 64.2 Å². The second kappa shape index (κ2) is 13.6. The maximum absolute atomic E-state index is 13.8. The van der Waals surface area contributed by atoms with Gasteiger partial charge in [-0.15, -0.1) is 0 Å². The van der Waals surface area contributed by atoms with Crippen molar-refractivity contribution < 1.29 is 28.0 Å². The molecule has 2 aromatic carbocycles. The molecule has 0 unspecified atom stereocenters. The highest BCUT2D eigenvalue weighted by atomic mass is 35.5. The Morgan fingerprint density at radius 1 is 1.10 bits per heavy atom. The molecule has 1 saturated heterocycles. The van der Waals surface area contributed by atoms with Crippen LogP contribution < -0.4 is 16.4 Å². The van der Waals surface area contributed by atoms with Gasteiger partial charge in [0.15, 0.2) is 0 Å². The van der Waals surface area contributed by atoms with Gasteiger partial charge in [-0.3, -0.25) is 19.2 Å². The molecular formula is C30H36ClF2N5O4. The van der Waals surface area contributed by atoms with E-state index in [1.165, 1.54) is 4.90 Å². The van der Waals surface area contributed by atoms with Crippen LogP contribution in [0.15, 0.2) is 42.5 Å². The average molecular weight is 604 g/mol. The first-order valence-corrected chi connectivity index (χ1v) is 14.4. The van der Waals surface area contributed by atoms with Gasteiger partial charge in [0.1, 0.15) is 12.1 Å². The van der Waals surface area contributed by atoms with E-state index in [4.69, 9.17) is 17.3 Å². The minimum Gasteiger partial charge on any atom is -0.342 e. The van der Waals surface area contributed by atoms with Crippen molar-refractivity contribution in [2.24, 2.45) is 5.73 Å². The highest BCUT2D eigenvalue weighted by Crippen LogP contribution is 2.28. The Kier molecular flexibility index (Phi) is 10.2. The molecule has 4 N–H and O–H groups in total. The zero-order chi connectivity index (χ0) is 30.4. The summed E-state index contributed by atoms with van der Waals surface area (Å²) in [6, 6.07) is 10.6. The van der Waals surface area contributed by atoms with Crippen molar-refractivity contribution in [1.29, 1.82) is 0 Å². The molecule has 0 aromatic heterocycles. The summed E-state index contributed by atoms with van der Waals surface area (Å²) in [5.41, 5.74) is 8.79. The number of carbonyl (C=O) groups excluding carboxylic acids is 4. The number of nitrogens with two attached hydrogens (primary N) is 1. The third-order valence-electron chi connectivity index (χ3n) is 7.68. The van der Waals surface area contributed by atoms with Gasteiger partial charge in [0.2, 0.25) is 23.6 Å². The molecule has 4 rings (SSSR count). The number of alkyl halides is 2. The number of anilines is 1. The first-order chi connectivity index (χ1) is 20.0. The van der Waals surface area contributed by atoms with Gasteiger partial charge in [0.05, 0.1) is 6.54 Å². The van der Waals surface area contributed by atoms with E-state index in [0.29, 0.717) is 10.7 Å². The summed E-state index contributed by atoms with van der Waals surface area (Å²) in [7, 11) is 0. The van der Waals surface area contributed by atoms with E-state index < -0.39 is 48.2 Å². The van der Waals surface area contributed by atoms with Gasteiger partial charge in [-0.2, -0.15) is 0 Å². The van der Waals surface area contributed by atoms with Gasteiger partial charge >= 0.3 is 0 Å². The molecule has 2 heterocycles. The number of aryl methyl sites for hydroxylation is 1. The molecular weight excluding hydrogens is 568 g/mol. The lowest BCUT2D eigenvalue weighted by molar-refractivity contribution is -0.146. The van der Waals surface area contributed by atoms with Crippen molar-refractivity contribution in [3.8, 4) is 0 Å². The predicted octanol–water partition coefficient (Wildman–Crippen LogP) is 3.41. The van der Waals surface area contributed by atoms with Crippen molar-refractivity contribution in [1.82, 2.24) is 15.1 Å². The molecule has 2 aromatic rings. The number of hydrogen-bond acceptors (Lipinski definition) is 5. The summed E-state index contributed by atoms with van der Waals surface area (Å²) in [4.78, 5) is 55.3. The first kappa shape index (κ1) is 31.4. The lowest BCUT2D eigenvalue weighted by atomic mass is 9.92. The molecule has 0 radical (unpaired) electrons. The maximum Gasteiger partial charge on any atom is 0.265 e. The van der Waals surface area contributed by atoms with Gasteiger partial charge in [-0.25, -0.2) is 8.78 Å². The molecule has 12 heteroatoms. The summed E-state index contributed by atoms with van der Waals surface area (Å²) < 4.78 is 27.6. The number of fused-ring (bicyclic) bond motifs is 1. The molecule has 226 valence electrons. The number of likely N-dealkylation sites (tertiary alicyclic amines) is 1. The Hall–Kier alpha value is -3.57. The maximum atomic E-state index is 13.8. The van der Waals surface area contributed by atoms with Crippen molar-refractivity contribution in [2.45, 2.75) is 70.0 Å². The number of amides is 4. The van der Waals surface area contributed by atoms with E-state index in [1.54, 1.807) is 25.1 Å². The van der Waals surface area contributed by atoms with Crippen LogP contribution in [0.3, 0.4) is 0 Å². The Morgan fingerprint density at radius 3 is 2.50 bits per heavy atom. The Balaban J connectivity index is 1.46. The Morgan fingerprint density at radius 2 is 1.81 bits per heavy atom. The molecule has 0 aliphatic carbocycles. The molecule has 9 nitrogen and oxygen atoms in total. The number of benzene rings is 2. The van der Waals surface area contributed by atoms with Gasteiger partial charge in [-0.05, 0) is 61.2 Å². The van der Waals surface area contributed by atoms with E-state index >= 15 is 0 Å². The molecule has 0 saturated carbocycles. The van der Waals surface area contributed by atoms with Crippen LogP contribution in [-0.4, -0.2) is 71.1 Å². The van der Waals surface area contributed by atoms with E-state index in [0.717, 1.165) is 21.6 Å². The molecule has 42 heavy (non-hydrogen) atoms. The van der Waals surface area contributed by atoms with Crippen LogP contribution in [0.25, 0.3) is 0 Å². The monoisotopic (exact) mass is 603 g/mol. The highest BCUT2D eigenvalue weighted by Gasteiger charge is 2.38. The van der Waals surface area contributed by atoms with Crippen LogP contribution in [0.2, 0.25) is 5.02 Å². The van der Waals surface area contributed by atoms with Gasteiger partial charge < -0.3 is 26.2 Å². The number of halogens is 3. The predicted molar refractivity (Wildman–Crippen MR) is 155 cm³/mol. The quantitative estimate of drug-likeness (QED) is 0.405.